The van der Waals surface area contributed by atoms with Crippen molar-refractivity contribution in [3.05, 3.63) is 60.7 Å². The monoisotopic (exact) mass is 298 g/mol. The largest absolute Gasteiger partial charge is 0.0972 e. The van der Waals surface area contributed by atoms with Gasteiger partial charge in [0.05, 0.1) is 6.04 Å². The van der Waals surface area contributed by atoms with E-state index in [1.165, 1.54) is 17.0 Å². The zero-order valence-electron chi connectivity index (χ0n) is 11.8. The zero-order chi connectivity index (χ0) is 14.3. The SMILES string of the molecule is CCCCC#CP(=S)(c1ccccc1)c1ccccc1. The third-order valence-corrected chi connectivity index (χ3v) is 7.19. The number of hydrogen-bond acceptors (Lipinski definition) is 1. The maximum atomic E-state index is 6.02. The quantitative estimate of drug-likeness (QED) is 0.461. The zero-order valence-corrected chi connectivity index (χ0v) is 13.5. The Morgan fingerprint density at radius 2 is 1.40 bits per heavy atom. The van der Waals surface area contributed by atoms with Gasteiger partial charge in [-0.25, -0.2) is 0 Å². The number of unbranched alkanes of at least 4 members (excludes halogenated alkanes) is 2. The van der Waals surface area contributed by atoms with Gasteiger partial charge in [0.1, 0.15) is 0 Å². The Hall–Kier alpha value is -1.35. The lowest BCUT2D eigenvalue weighted by atomic mass is 10.3. The van der Waals surface area contributed by atoms with Crippen molar-refractivity contribution >= 4 is 28.5 Å². The lowest BCUT2D eigenvalue weighted by Crippen LogP contribution is -2.13. The van der Waals surface area contributed by atoms with Gasteiger partial charge in [-0.1, -0.05) is 97.4 Å². The Kier molecular flexibility index (Phi) is 5.60. The molecule has 0 spiro atoms. The summed E-state index contributed by atoms with van der Waals surface area (Å²) in [6.07, 6.45) is 3.26. The van der Waals surface area contributed by atoms with Gasteiger partial charge in [-0.05, 0) is 6.42 Å². The second-order valence-electron chi connectivity index (χ2n) is 4.67. The first kappa shape index (κ1) is 15.0. The molecule has 0 saturated carbocycles. The van der Waals surface area contributed by atoms with Gasteiger partial charge in [0.2, 0.25) is 0 Å². The van der Waals surface area contributed by atoms with E-state index < -0.39 is 6.04 Å². The van der Waals surface area contributed by atoms with Crippen LogP contribution in [0.2, 0.25) is 0 Å². The van der Waals surface area contributed by atoms with Crippen molar-refractivity contribution in [3.63, 3.8) is 0 Å². The highest BCUT2D eigenvalue weighted by Crippen LogP contribution is 2.42. The Morgan fingerprint density at radius 3 is 1.85 bits per heavy atom. The summed E-state index contributed by atoms with van der Waals surface area (Å²) in [5.74, 6) is 3.32. The first-order valence-electron chi connectivity index (χ1n) is 6.99. The van der Waals surface area contributed by atoms with Crippen molar-refractivity contribution in [3.8, 4) is 11.6 Å². The molecule has 0 aliphatic heterocycles. The number of benzene rings is 2. The van der Waals surface area contributed by atoms with Crippen LogP contribution in [-0.4, -0.2) is 0 Å². The fourth-order valence-corrected chi connectivity index (χ4v) is 4.99. The summed E-state index contributed by atoms with van der Waals surface area (Å²) in [7, 11) is 0. The molecule has 0 amide bonds. The Morgan fingerprint density at radius 1 is 0.900 bits per heavy atom. The van der Waals surface area contributed by atoms with Crippen LogP contribution in [0.1, 0.15) is 26.2 Å². The van der Waals surface area contributed by atoms with Crippen LogP contribution in [0.25, 0.3) is 0 Å². The molecule has 0 radical (unpaired) electrons. The molecule has 0 atom stereocenters. The van der Waals surface area contributed by atoms with E-state index in [9.17, 15) is 0 Å². The first-order chi connectivity index (χ1) is 9.77. The maximum absolute atomic E-state index is 6.02. The van der Waals surface area contributed by atoms with Crippen LogP contribution < -0.4 is 10.6 Å². The number of hydrogen-bond donors (Lipinski definition) is 0. The molecule has 0 aliphatic carbocycles. The van der Waals surface area contributed by atoms with Crippen molar-refractivity contribution in [2.75, 3.05) is 0 Å². The Bertz CT molecular complexity index is 592. The second kappa shape index (κ2) is 7.44. The third kappa shape index (κ3) is 3.60. The van der Waals surface area contributed by atoms with Gasteiger partial charge in [0.15, 0.2) is 0 Å². The van der Waals surface area contributed by atoms with Crippen LogP contribution in [-0.2, 0) is 11.8 Å². The van der Waals surface area contributed by atoms with Crippen molar-refractivity contribution in [2.24, 2.45) is 0 Å². The molecule has 0 heterocycles. The van der Waals surface area contributed by atoms with Gasteiger partial charge in [-0.3, -0.25) is 0 Å². The Balaban J connectivity index is 2.44. The predicted molar refractivity (Wildman–Crippen MR) is 93.7 cm³/mol. The molecule has 0 aromatic heterocycles. The predicted octanol–water partition coefficient (Wildman–Crippen LogP) is 4.27. The number of rotatable bonds is 4. The summed E-state index contributed by atoms with van der Waals surface area (Å²) in [6.45, 7) is 2.19. The molecule has 0 fully saturated rings. The standard InChI is InChI=1S/C18H19PS/c1-2-3-4-11-16-19(20,17-12-7-5-8-13-17)18-14-9-6-10-15-18/h5-10,12-15H,2-4H2,1H3. The highest BCUT2D eigenvalue weighted by Gasteiger charge is 2.18. The fourth-order valence-electron chi connectivity index (χ4n) is 1.99. The van der Waals surface area contributed by atoms with Crippen LogP contribution in [0.4, 0.5) is 0 Å². The van der Waals surface area contributed by atoms with Crippen LogP contribution in [0, 0.1) is 11.6 Å². The molecule has 2 heteroatoms. The summed E-state index contributed by atoms with van der Waals surface area (Å²) in [5.41, 5.74) is 3.44. The topological polar surface area (TPSA) is 0 Å². The Labute approximate surface area is 127 Å². The van der Waals surface area contributed by atoms with E-state index in [0.717, 1.165) is 12.8 Å². The van der Waals surface area contributed by atoms with E-state index in [0.29, 0.717) is 0 Å². The van der Waals surface area contributed by atoms with Crippen molar-refractivity contribution in [2.45, 2.75) is 26.2 Å². The summed E-state index contributed by atoms with van der Waals surface area (Å²) in [6, 6.07) is 18.7. The normalized spacial score (nSPS) is 10.7. The molecule has 2 rings (SSSR count). The van der Waals surface area contributed by atoms with Gasteiger partial charge in [-0.2, -0.15) is 0 Å². The summed E-state index contributed by atoms with van der Waals surface area (Å²) in [5, 5.41) is 2.37. The minimum absolute atomic E-state index is 0.939. The third-order valence-electron chi connectivity index (χ3n) is 3.13. The van der Waals surface area contributed by atoms with E-state index in [1.54, 1.807) is 0 Å². The van der Waals surface area contributed by atoms with Gasteiger partial charge in [0, 0.05) is 17.0 Å². The summed E-state index contributed by atoms with van der Waals surface area (Å²) < 4.78 is 0. The fraction of sp³-hybridized carbons (Fsp3) is 0.222. The van der Waals surface area contributed by atoms with E-state index in [-0.39, 0.29) is 0 Å². The van der Waals surface area contributed by atoms with Gasteiger partial charge in [0.25, 0.3) is 0 Å². The molecule has 102 valence electrons. The lowest BCUT2D eigenvalue weighted by molar-refractivity contribution is 0.828. The molecule has 0 saturated heterocycles. The van der Waals surface area contributed by atoms with Crippen LogP contribution >= 0.6 is 6.04 Å². The van der Waals surface area contributed by atoms with Gasteiger partial charge in [-0.15, -0.1) is 0 Å². The van der Waals surface area contributed by atoms with Crippen molar-refractivity contribution < 1.29 is 0 Å². The smallest absolute Gasteiger partial charge is 0.0778 e. The average Bonchev–Trinajstić information content (AvgIpc) is 2.53. The molecule has 0 N–H and O–H groups in total. The van der Waals surface area contributed by atoms with E-state index in [1.807, 2.05) is 36.4 Å². The molecule has 0 bridgehead atoms. The molecule has 0 aliphatic rings. The molecule has 20 heavy (non-hydrogen) atoms. The second-order valence-corrected chi connectivity index (χ2v) is 8.79. The van der Waals surface area contributed by atoms with Crippen molar-refractivity contribution in [1.29, 1.82) is 0 Å². The van der Waals surface area contributed by atoms with Crippen molar-refractivity contribution in [1.82, 2.24) is 0 Å². The van der Waals surface area contributed by atoms with E-state index >= 15 is 0 Å². The maximum Gasteiger partial charge on any atom is 0.0778 e. The van der Waals surface area contributed by atoms with E-state index in [2.05, 4.69) is 42.8 Å². The average molecular weight is 298 g/mol. The molecular weight excluding hydrogens is 279 g/mol. The van der Waals surface area contributed by atoms with Crippen LogP contribution in [0.5, 0.6) is 0 Å². The molecular formula is C18H19PS. The molecule has 0 nitrogen and oxygen atoms in total. The van der Waals surface area contributed by atoms with Gasteiger partial charge < -0.3 is 0 Å². The highest BCUT2D eigenvalue weighted by atomic mass is 32.4. The first-order valence-corrected chi connectivity index (χ1v) is 9.79. The summed E-state index contributed by atoms with van der Waals surface area (Å²) >= 11 is 6.02. The molecule has 0 unspecified atom stereocenters. The van der Waals surface area contributed by atoms with Crippen LogP contribution in [0.15, 0.2) is 60.7 Å². The molecule has 2 aromatic rings. The lowest BCUT2D eigenvalue weighted by Gasteiger charge is -2.16. The highest BCUT2D eigenvalue weighted by molar-refractivity contribution is 8.24. The van der Waals surface area contributed by atoms with E-state index in [4.69, 9.17) is 11.8 Å². The minimum atomic E-state index is -1.99. The minimum Gasteiger partial charge on any atom is -0.0972 e. The molecule has 2 aromatic carbocycles. The van der Waals surface area contributed by atoms with Crippen LogP contribution in [0.3, 0.4) is 0 Å². The summed E-state index contributed by atoms with van der Waals surface area (Å²) in [4.78, 5) is 0. The van der Waals surface area contributed by atoms with Gasteiger partial charge >= 0.3 is 0 Å².